The number of aromatic nitrogens is 1. The fourth-order valence-corrected chi connectivity index (χ4v) is 2.93. The number of hydrogen-bond acceptors (Lipinski definition) is 4. The fourth-order valence-electron chi connectivity index (χ4n) is 1.89. The monoisotopic (exact) mass is 255 g/mol. The Labute approximate surface area is 109 Å². The van der Waals surface area contributed by atoms with Crippen LogP contribution >= 0.6 is 11.3 Å². The van der Waals surface area contributed by atoms with Gasteiger partial charge in [-0.3, -0.25) is 0 Å². The maximum absolute atomic E-state index is 7.67. The summed E-state index contributed by atoms with van der Waals surface area (Å²) in [5.41, 5.74) is 3.14. The third kappa shape index (κ3) is 1.84. The summed E-state index contributed by atoms with van der Waals surface area (Å²) in [6.07, 6.45) is 0. The zero-order chi connectivity index (χ0) is 12.7. The van der Waals surface area contributed by atoms with Gasteiger partial charge >= 0.3 is 0 Å². The van der Waals surface area contributed by atoms with Crippen molar-refractivity contribution in [1.29, 1.82) is 5.41 Å². The summed E-state index contributed by atoms with van der Waals surface area (Å²) < 4.78 is 1.15. The minimum absolute atomic E-state index is 0.531. The highest BCUT2D eigenvalue weighted by Crippen LogP contribution is 2.31. The molecule has 0 fully saturated rings. The largest absolute Gasteiger partial charge is 0.378 e. The molecule has 1 heterocycles. The summed E-state index contributed by atoms with van der Waals surface area (Å²) in [5.74, 6) is 0. The summed E-state index contributed by atoms with van der Waals surface area (Å²) in [5, 5.41) is 8.20. The topological polar surface area (TPSA) is 40.0 Å². The minimum Gasteiger partial charge on any atom is -0.378 e. The molecule has 0 aromatic heterocycles. The minimum atomic E-state index is 0.531. The Morgan fingerprint density at radius 2 is 1.94 bits per heavy atom. The molecule has 0 unspecified atom stereocenters. The first-order valence-electron chi connectivity index (χ1n) is 5.70. The number of fused-ring (bicyclic) bond motifs is 2. The van der Waals surface area contributed by atoms with E-state index in [4.69, 9.17) is 5.41 Å². The lowest BCUT2D eigenvalue weighted by atomic mass is 10.2. The SMILES string of the molecule is CN(C)c1ccc2nc3ccc(=N)cc-3sc2c1. The number of rotatable bonds is 1. The average molecular weight is 255 g/mol. The molecule has 4 heteroatoms. The second kappa shape index (κ2) is 4.07. The van der Waals surface area contributed by atoms with E-state index in [1.807, 2.05) is 26.2 Å². The fraction of sp³-hybridized carbons (Fsp3) is 0.143. The zero-order valence-electron chi connectivity index (χ0n) is 10.3. The van der Waals surface area contributed by atoms with Crippen molar-refractivity contribution in [3.05, 3.63) is 41.8 Å². The van der Waals surface area contributed by atoms with Gasteiger partial charge in [0.1, 0.15) is 0 Å². The van der Waals surface area contributed by atoms with Crippen LogP contribution in [0.25, 0.3) is 20.8 Å². The van der Waals surface area contributed by atoms with Crippen molar-refractivity contribution in [2.24, 2.45) is 0 Å². The van der Waals surface area contributed by atoms with Crippen LogP contribution in [0.5, 0.6) is 0 Å². The zero-order valence-corrected chi connectivity index (χ0v) is 11.1. The molecule has 1 aromatic carbocycles. The van der Waals surface area contributed by atoms with Gasteiger partial charge in [0.25, 0.3) is 0 Å². The summed E-state index contributed by atoms with van der Waals surface area (Å²) in [4.78, 5) is 7.77. The molecule has 1 aliphatic carbocycles. The van der Waals surface area contributed by atoms with E-state index in [-0.39, 0.29) is 0 Å². The summed E-state index contributed by atoms with van der Waals surface area (Å²) in [6.45, 7) is 0. The van der Waals surface area contributed by atoms with Gasteiger partial charge in [0.2, 0.25) is 0 Å². The standard InChI is InChI=1S/C14H13N3S/c1-17(2)10-4-6-12-14(8-10)18-13-7-9(15)3-5-11(13)16-12/h3-8,15H,1-2H3. The molecule has 0 amide bonds. The average Bonchev–Trinajstić information content (AvgIpc) is 2.35. The molecule has 2 aliphatic rings. The molecule has 1 aliphatic heterocycles. The molecule has 0 radical (unpaired) electrons. The van der Waals surface area contributed by atoms with Crippen molar-refractivity contribution in [1.82, 2.24) is 4.98 Å². The first kappa shape index (κ1) is 11.2. The lowest BCUT2D eigenvalue weighted by Crippen LogP contribution is -2.08. The predicted molar refractivity (Wildman–Crippen MR) is 76.4 cm³/mol. The molecule has 0 bridgehead atoms. The first-order chi connectivity index (χ1) is 8.63. The number of nitrogens with one attached hydrogen (secondary N) is 1. The van der Waals surface area contributed by atoms with Crippen LogP contribution in [0.2, 0.25) is 0 Å². The molecule has 0 atom stereocenters. The lowest BCUT2D eigenvalue weighted by molar-refractivity contribution is 1.13. The van der Waals surface area contributed by atoms with E-state index in [2.05, 4.69) is 28.1 Å². The molecule has 1 aromatic rings. The van der Waals surface area contributed by atoms with Crippen molar-refractivity contribution in [2.45, 2.75) is 0 Å². The normalized spacial score (nSPS) is 11.0. The molecular formula is C14H13N3S. The van der Waals surface area contributed by atoms with Gasteiger partial charge < -0.3 is 10.3 Å². The highest BCUT2D eigenvalue weighted by Gasteiger charge is 2.07. The third-order valence-electron chi connectivity index (χ3n) is 2.88. The molecule has 3 rings (SSSR count). The van der Waals surface area contributed by atoms with Gasteiger partial charge in [-0.2, -0.15) is 0 Å². The molecule has 90 valence electrons. The van der Waals surface area contributed by atoms with E-state index in [9.17, 15) is 0 Å². The molecule has 0 saturated carbocycles. The summed E-state index contributed by atoms with van der Waals surface area (Å²) >= 11 is 1.69. The Morgan fingerprint density at radius 1 is 1.11 bits per heavy atom. The van der Waals surface area contributed by atoms with Gasteiger partial charge in [0.05, 0.1) is 26.1 Å². The molecule has 0 saturated heterocycles. The Hall–Kier alpha value is -1.94. The van der Waals surface area contributed by atoms with E-state index in [1.165, 1.54) is 5.69 Å². The van der Waals surface area contributed by atoms with Gasteiger partial charge in [-0.1, -0.05) is 0 Å². The van der Waals surface area contributed by atoms with E-state index in [0.29, 0.717) is 5.36 Å². The molecular weight excluding hydrogens is 242 g/mol. The van der Waals surface area contributed by atoms with E-state index < -0.39 is 0 Å². The van der Waals surface area contributed by atoms with Gasteiger partial charge in [0, 0.05) is 19.8 Å². The number of benzene rings is 2. The highest BCUT2D eigenvalue weighted by molar-refractivity contribution is 7.21. The van der Waals surface area contributed by atoms with E-state index in [1.54, 1.807) is 17.4 Å². The Balaban J connectivity index is 2.33. The van der Waals surface area contributed by atoms with Crippen molar-refractivity contribution in [2.75, 3.05) is 19.0 Å². The highest BCUT2D eigenvalue weighted by atomic mass is 32.1. The number of nitrogens with zero attached hydrogens (tertiary/aromatic N) is 2. The van der Waals surface area contributed by atoms with Crippen LogP contribution in [-0.2, 0) is 0 Å². The van der Waals surface area contributed by atoms with Gasteiger partial charge in [0.15, 0.2) is 0 Å². The molecule has 0 spiro atoms. The number of hydrogen-bond donors (Lipinski definition) is 1. The second-order valence-corrected chi connectivity index (χ2v) is 5.53. The van der Waals surface area contributed by atoms with Crippen LogP contribution in [0.1, 0.15) is 0 Å². The summed E-state index contributed by atoms with van der Waals surface area (Å²) in [7, 11) is 4.06. The van der Waals surface area contributed by atoms with Crippen LogP contribution in [0, 0.1) is 5.41 Å². The number of anilines is 1. The quantitative estimate of drug-likeness (QED) is 0.679. The van der Waals surface area contributed by atoms with Crippen molar-refractivity contribution >= 4 is 27.2 Å². The van der Waals surface area contributed by atoms with Crippen molar-refractivity contribution in [3.63, 3.8) is 0 Å². The second-order valence-electron chi connectivity index (χ2n) is 4.44. The molecule has 18 heavy (non-hydrogen) atoms. The van der Waals surface area contributed by atoms with Gasteiger partial charge in [-0.25, -0.2) is 4.98 Å². The first-order valence-corrected chi connectivity index (χ1v) is 6.52. The third-order valence-corrected chi connectivity index (χ3v) is 3.97. The smallest absolute Gasteiger partial charge is 0.0811 e. The molecule has 3 nitrogen and oxygen atoms in total. The summed E-state index contributed by atoms with van der Waals surface area (Å²) in [6, 6.07) is 11.8. The predicted octanol–water partition coefficient (Wildman–Crippen LogP) is 2.95. The van der Waals surface area contributed by atoms with Crippen molar-refractivity contribution in [3.8, 4) is 10.6 Å². The van der Waals surface area contributed by atoms with Crippen LogP contribution in [0.15, 0.2) is 36.4 Å². The van der Waals surface area contributed by atoms with Crippen LogP contribution < -0.4 is 10.3 Å². The van der Waals surface area contributed by atoms with Gasteiger partial charge in [-0.05, 0) is 36.4 Å². The Kier molecular flexibility index (Phi) is 2.52. The van der Waals surface area contributed by atoms with Gasteiger partial charge in [-0.15, -0.1) is 11.3 Å². The van der Waals surface area contributed by atoms with E-state index in [0.717, 1.165) is 20.8 Å². The molecule has 1 N–H and O–H groups in total. The van der Waals surface area contributed by atoms with Crippen molar-refractivity contribution < 1.29 is 0 Å². The maximum atomic E-state index is 7.67. The van der Waals surface area contributed by atoms with Crippen LogP contribution in [-0.4, -0.2) is 19.1 Å². The maximum Gasteiger partial charge on any atom is 0.0811 e. The van der Waals surface area contributed by atoms with Crippen LogP contribution in [0.4, 0.5) is 5.69 Å². The lowest BCUT2D eigenvalue weighted by Gasteiger charge is -2.13. The van der Waals surface area contributed by atoms with E-state index >= 15 is 0 Å². The van der Waals surface area contributed by atoms with Crippen LogP contribution in [0.3, 0.4) is 0 Å². The Morgan fingerprint density at radius 3 is 2.72 bits per heavy atom. The Bertz CT molecular complexity index is 746.